The van der Waals surface area contributed by atoms with Gasteiger partial charge in [-0.2, -0.15) is 0 Å². The van der Waals surface area contributed by atoms with Crippen molar-refractivity contribution in [2.75, 3.05) is 4.90 Å². The highest BCUT2D eigenvalue weighted by Gasteiger charge is 2.44. The van der Waals surface area contributed by atoms with Crippen LogP contribution in [0.3, 0.4) is 0 Å². The van der Waals surface area contributed by atoms with E-state index in [1.165, 1.54) is 0 Å². The molecule has 0 fully saturated rings. The first kappa shape index (κ1) is 18.6. The Morgan fingerprint density at radius 3 is 2.39 bits per heavy atom. The third kappa shape index (κ3) is 3.07. The van der Waals surface area contributed by atoms with E-state index in [0.29, 0.717) is 19.3 Å². The van der Waals surface area contributed by atoms with Crippen LogP contribution in [0.1, 0.15) is 55.7 Å². The van der Waals surface area contributed by atoms with E-state index in [4.69, 9.17) is 0 Å². The number of hydrogen-bond donors (Lipinski definition) is 0. The van der Waals surface area contributed by atoms with Crippen LogP contribution in [0.25, 0.3) is 0 Å². The lowest BCUT2D eigenvalue weighted by atomic mass is 9.69. The van der Waals surface area contributed by atoms with E-state index in [-0.39, 0.29) is 23.0 Å². The number of carbonyl (C=O) groups excluding carboxylic acids is 2. The predicted octanol–water partition coefficient (Wildman–Crippen LogP) is 4.86. The summed E-state index contributed by atoms with van der Waals surface area (Å²) in [6.07, 6.45) is 5.02. The van der Waals surface area contributed by atoms with E-state index in [1.54, 1.807) is 12.4 Å². The maximum absolute atomic E-state index is 13.4. The van der Waals surface area contributed by atoms with Crippen LogP contribution in [0.5, 0.6) is 0 Å². The number of amides is 1. The first-order chi connectivity index (χ1) is 13.3. The van der Waals surface area contributed by atoms with Crippen molar-refractivity contribution in [2.45, 2.75) is 52.9 Å². The highest BCUT2D eigenvalue weighted by molar-refractivity contribution is 6.08. The Labute approximate surface area is 166 Å². The van der Waals surface area contributed by atoms with Gasteiger partial charge in [0.15, 0.2) is 5.78 Å². The number of hydrogen-bond acceptors (Lipinski definition) is 3. The first-order valence-corrected chi connectivity index (χ1v) is 9.84. The molecule has 2 heterocycles. The highest BCUT2D eigenvalue weighted by atomic mass is 16.2. The average molecular weight is 374 g/mol. The number of Topliss-reactive ketones (excluding diaryl/α,β-unsaturated/α-hetero) is 1. The van der Waals surface area contributed by atoms with Gasteiger partial charge in [0, 0.05) is 42.4 Å². The zero-order chi connectivity index (χ0) is 20.1. The van der Waals surface area contributed by atoms with Crippen molar-refractivity contribution in [3.63, 3.8) is 0 Å². The molecule has 144 valence electrons. The van der Waals surface area contributed by atoms with Crippen molar-refractivity contribution in [1.82, 2.24) is 4.98 Å². The fourth-order valence-electron chi connectivity index (χ4n) is 4.70. The van der Waals surface area contributed by atoms with Crippen LogP contribution in [0.4, 0.5) is 5.69 Å². The zero-order valence-electron chi connectivity index (χ0n) is 17.0. The standard InChI is InChI=1S/C24H26N2O2/c1-15-7-5-8-16(2)23(15)26-19-12-24(3,4)13-20(27)22(19)18(11-21(26)28)17-9-6-10-25-14-17/h5-10,14,18H,11-13H2,1-4H3. The predicted molar refractivity (Wildman–Crippen MR) is 110 cm³/mol. The number of carbonyl (C=O) groups is 2. The van der Waals surface area contributed by atoms with Crippen molar-refractivity contribution in [2.24, 2.45) is 5.41 Å². The molecule has 1 unspecified atom stereocenters. The topological polar surface area (TPSA) is 50.3 Å². The number of nitrogens with zero attached hydrogens (tertiary/aromatic N) is 2. The van der Waals surface area contributed by atoms with Crippen LogP contribution in [-0.4, -0.2) is 16.7 Å². The van der Waals surface area contributed by atoms with Crippen molar-refractivity contribution in [1.29, 1.82) is 0 Å². The van der Waals surface area contributed by atoms with Gasteiger partial charge in [-0.3, -0.25) is 19.5 Å². The minimum absolute atomic E-state index is 0.0514. The Morgan fingerprint density at radius 1 is 1.04 bits per heavy atom. The lowest BCUT2D eigenvalue weighted by molar-refractivity contribution is -0.121. The average Bonchev–Trinajstić information content (AvgIpc) is 2.62. The van der Waals surface area contributed by atoms with Gasteiger partial charge in [0.2, 0.25) is 5.91 Å². The number of anilines is 1. The SMILES string of the molecule is Cc1cccc(C)c1N1C(=O)CC(c2cccnc2)C2=C1CC(C)(C)CC2=O. The van der Waals surface area contributed by atoms with Crippen LogP contribution < -0.4 is 4.90 Å². The number of aromatic nitrogens is 1. The van der Waals surface area contributed by atoms with Gasteiger partial charge in [0.25, 0.3) is 0 Å². The molecule has 2 aliphatic rings. The summed E-state index contributed by atoms with van der Waals surface area (Å²) in [5.74, 6) is -0.000261. The lowest BCUT2D eigenvalue weighted by Gasteiger charge is -2.43. The molecule has 1 aliphatic heterocycles. The summed E-state index contributed by atoms with van der Waals surface area (Å²) in [6, 6.07) is 9.90. The van der Waals surface area contributed by atoms with Gasteiger partial charge in [0.1, 0.15) is 0 Å². The molecular formula is C24H26N2O2. The smallest absolute Gasteiger partial charge is 0.232 e. The molecule has 4 heteroatoms. The minimum Gasteiger partial charge on any atom is -0.294 e. The van der Waals surface area contributed by atoms with E-state index < -0.39 is 0 Å². The Balaban J connectivity index is 1.95. The Bertz CT molecular complexity index is 969. The number of pyridine rings is 1. The summed E-state index contributed by atoms with van der Waals surface area (Å²) in [4.78, 5) is 32.7. The van der Waals surface area contributed by atoms with Crippen LogP contribution in [-0.2, 0) is 9.59 Å². The highest BCUT2D eigenvalue weighted by Crippen LogP contribution is 2.48. The molecule has 0 N–H and O–H groups in total. The minimum atomic E-state index is -0.208. The molecule has 0 saturated heterocycles. The van der Waals surface area contributed by atoms with Crippen LogP contribution in [0, 0.1) is 19.3 Å². The monoisotopic (exact) mass is 374 g/mol. The Kier molecular flexibility index (Phi) is 4.45. The van der Waals surface area contributed by atoms with Crippen LogP contribution in [0.2, 0.25) is 0 Å². The second-order valence-corrected chi connectivity index (χ2v) is 8.81. The van der Waals surface area contributed by atoms with E-state index in [2.05, 4.69) is 18.8 Å². The summed E-state index contributed by atoms with van der Waals surface area (Å²) < 4.78 is 0. The summed E-state index contributed by atoms with van der Waals surface area (Å²) in [5.41, 5.74) is 5.49. The van der Waals surface area contributed by atoms with Gasteiger partial charge in [0.05, 0.1) is 5.69 Å². The van der Waals surface area contributed by atoms with E-state index in [0.717, 1.165) is 33.6 Å². The molecular weight excluding hydrogens is 348 g/mol. The third-order valence-corrected chi connectivity index (χ3v) is 5.89. The molecule has 1 atom stereocenters. The molecule has 1 aromatic heterocycles. The molecule has 0 radical (unpaired) electrons. The molecule has 4 nitrogen and oxygen atoms in total. The van der Waals surface area contributed by atoms with Gasteiger partial charge >= 0.3 is 0 Å². The van der Waals surface area contributed by atoms with E-state index >= 15 is 0 Å². The van der Waals surface area contributed by atoms with Gasteiger partial charge in [-0.25, -0.2) is 0 Å². The number of rotatable bonds is 2. The number of aryl methyl sites for hydroxylation is 2. The molecule has 0 spiro atoms. The van der Waals surface area contributed by atoms with Crippen molar-refractivity contribution >= 4 is 17.4 Å². The summed E-state index contributed by atoms with van der Waals surface area (Å²) in [7, 11) is 0. The number of ketones is 1. The van der Waals surface area contributed by atoms with Crippen molar-refractivity contribution < 1.29 is 9.59 Å². The zero-order valence-corrected chi connectivity index (χ0v) is 17.0. The lowest BCUT2D eigenvalue weighted by Crippen LogP contribution is -2.44. The van der Waals surface area contributed by atoms with Crippen LogP contribution >= 0.6 is 0 Å². The molecule has 1 aliphatic carbocycles. The number of para-hydroxylation sites is 1. The quantitative estimate of drug-likeness (QED) is 0.754. The summed E-state index contributed by atoms with van der Waals surface area (Å²) in [5, 5.41) is 0. The van der Waals surface area contributed by atoms with Gasteiger partial charge in [-0.05, 0) is 48.4 Å². The van der Waals surface area contributed by atoms with Crippen molar-refractivity contribution in [3.8, 4) is 0 Å². The fraction of sp³-hybridized carbons (Fsp3) is 0.375. The Hall–Kier alpha value is -2.75. The maximum atomic E-state index is 13.4. The molecule has 0 saturated carbocycles. The molecule has 28 heavy (non-hydrogen) atoms. The normalized spacial score (nSPS) is 21.7. The van der Waals surface area contributed by atoms with Gasteiger partial charge in [-0.1, -0.05) is 38.1 Å². The first-order valence-electron chi connectivity index (χ1n) is 9.84. The molecule has 4 rings (SSSR count). The second-order valence-electron chi connectivity index (χ2n) is 8.81. The summed E-state index contributed by atoms with van der Waals surface area (Å²) in [6.45, 7) is 8.27. The fourth-order valence-corrected chi connectivity index (χ4v) is 4.70. The molecule has 0 bridgehead atoms. The molecule has 1 aromatic carbocycles. The van der Waals surface area contributed by atoms with Crippen molar-refractivity contribution in [3.05, 3.63) is 70.7 Å². The largest absolute Gasteiger partial charge is 0.294 e. The maximum Gasteiger partial charge on any atom is 0.232 e. The molecule has 1 amide bonds. The second kappa shape index (κ2) is 6.69. The van der Waals surface area contributed by atoms with E-state index in [9.17, 15) is 9.59 Å². The number of allylic oxidation sites excluding steroid dienone is 2. The Morgan fingerprint density at radius 2 is 1.75 bits per heavy atom. The third-order valence-electron chi connectivity index (χ3n) is 5.89. The summed E-state index contributed by atoms with van der Waals surface area (Å²) >= 11 is 0. The number of benzene rings is 1. The van der Waals surface area contributed by atoms with Crippen LogP contribution in [0.15, 0.2) is 54.0 Å². The van der Waals surface area contributed by atoms with Gasteiger partial charge < -0.3 is 0 Å². The van der Waals surface area contributed by atoms with Gasteiger partial charge in [-0.15, -0.1) is 0 Å². The van der Waals surface area contributed by atoms with E-state index in [1.807, 2.05) is 49.1 Å². The molecule has 2 aromatic rings.